The fourth-order valence-electron chi connectivity index (χ4n) is 1.56. The molecule has 0 atom stereocenters. The highest BCUT2D eigenvalue weighted by Crippen LogP contribution is 2.18. The Kier molecular flexibility index (Phi) is 3.85. The van der Waals surface area contributed by atoms with Gasteiger partial charge in [0.2, 0.25) is 5.69 Å². The minimum absolute atomic E-state index is 0.519. The summed E-state index contributed by atoms with van der Waals surface area (Å²) in [6, 6.07) is 14.0. The molecule has 0 aliphatic carbocycles. The van der Waals surface area contributed by atoms with Crippen molar-refractivity contribution in [3.8, 4) is 5.75 Å². The van der Waals surface area contributed by atoms with Crippen molar-refractivity contribution in [2.45, 2.75) is 0 Å². The Labute approximate surface area is 110 Å². The van der Waals surface area contributed by atoms with Crippen LogP contribution in [0.1, 0.15) is 5.56 Å². The van der Waals surface area contributed by atoms with Crippen LogP contribution in [0, 0.1) is 5.21 Å². The first-order valence-electron chi connectivity index (χ1n) is 5.40. The molecular weight excluding hydrogens is 250 g/mol. The molecule has 2 aromatic carbocycles. The van der Waals surface area contributed by atoms with E-state index in [0.29, 0.717) is 16.5 Å². The first-order valence-corrected chi connectivity index (χ1v) is 5.78. The van der Waals surface area contributed by atoms with Crippen molar-refractivity contribution in [3.05, 3.63) is 64.3 Å². The minimum Gasteiger partial charge on any atom is -0.618 e. The summed E-state index contributed by atoms with van der Waals surface area (Å²) in [6.45, 7) is 0. The van der Waals surface area contributed by atoms with Crippen molar-refractivity contribution in [2.75, 3.05) is 7.11 Å². The summed E-state index contributed by atoms with van der Waals surface area (Å²) in [7, 11) is 1.57. The number of rotatable bonds is 3. The number of methoxy groups -OCH3 is 1. The maximum atomic E-state index is 12.0. The summed E-state index contributed by atoms with van der Waals surface area (Å²) in [4.78, 5) is 0. The lowest BCUT2D eigenvalue weighted by Gasteiger charge is -2.05. The SMILES string of the molecule is COc1ccccc1/C=[N+](\[O-])c1ccc(Cl)cc1. The molecule has 4 heteroatoms. The number of ether oxygens (including phenoxy) is 1. The average molecular weight is 262 g/mol. The largest absolute Gasteiger partial charge is 0.618 e. The zero-order valence-electron chi connectivity index (χ0n) is 9.84. The molecule has 0 heterocycles. The minimum atomic E-state index is 0.519. The molecule has 0 radical (unpaired) electrons. The average Bonchev–Trinajstić information content (AvgIpc) is 2.40. The normalized spacial score (nSPS) is 11.3. The standard InChI is InChI=1S/C14H12ClNO2/c1-18-14-5-3-2-4-11(14)10-16(17)13-8-6-12(15)7-9-13/h2-10H,1H3/b16-10-. The molecule has 0 spiro atoms. The number of hydrogen-bond donors (Lipinski definition) is 0. The van der Waals surface area contributed by atoms with Crippen LogP contribution < -0.4 is 4.74 Å². The van der Waals surface area contributed by atoms with Gasteiger partial charge >= 0.3 is 0 Å². The maximum Gasteiger partial charge on any atom is 0.216 e. The van der Waals surface area contributed by atoms with Gasteiger partial charge in [0.05, 0.1) is 12.7 Å². The van der Waals surface area contributed by atoms with Gasteiger partial charge in [-0.25, -0.2) is 0 Å². The van der Waals surface area contributed by atoms with Crippen LogP contribution in [0.25, 0.3) is 0 Å². The van der Waals surface area contributed by atoms with Gasteiger partial charge in [-0.1, -0.05) is 23.7 Å². The molecule has 0 amide bonds. The Hall–Kier alpha value is -2.00. The molecule has 92 valence electrons. The lowest BCUT2D eigenvalue weighted by molar-refractivity contribution is -0.354. The molecule has 0 fully saturated rings. The second kappa shape index (κ2) is 5.56. The van der Waals surface area contributed by atoms with E-state index in [-0.39, 0.29) is 0 Å². The van der Waals surface area contributed by atoms with Crippen LogP contribution in [-0.4, -0.2) is 18.1 Å². The van der Waals surface area contributed by atoms with Gasteiger partial charge in [0.1, 0.15) is 5.75 Å². The van der Waals surface area contributed by atoms with E-state index in [4.69, 9.17) is 16.3 Å². The molecule has 2 aromatic rings. The van der Waals surface area contributed by atoms with E-state index in [1.165, 1.54) is 6.21 Å². The second-order valence-electron chi connectivity index (χ2n) is 3.67. The Balaban J connectivity index is 2.35. The smallest absolute Gasteiger partial charge is 0.216 e. The molecule has 0 saturated heterocycles. The summed E-state index contributed by atoms with van der Waals surface area (Å²) in [5, 5.41) is 12.6. The van der Waals surface area contributed by atoms with Crippen molar-refractivity contribution in [1.82, 2.24) is 0 Å². The van der Waals surface area contributed by atoms with Gasteiger partial charge in [-0.05, 0) is 24.3 Å². The first-order chi connectivity index (χ1) is 8.70. The van der Waals surface area contributed by atoms with E-state index in [9.17, 15) is 5.21 Å². The highest BCUT2D eigenvalue weighted by Gasteiger charge is 2.05. The molecule has 3 nitrogen and oxygen atoms in total. The van der Waals surface area contributed by atoms with Gasteiger partial charge in [-0.2, -0.15) is 4.74 Å². The third-order valence-corrected chi connectivity index (χ3v) is 2.73. The molecular formula is C14H12ClNO2. The predicted molar refractivity (Wildman–Crippen MR) is 72.9 cm³/mol. The zero-order chi connectivity index (χ0) is 13.0. The number of nitrogens with zero attached hydrogens (tertiary/aromatic N) is 1. The molecule has 0 bridgehead atoms. The van der Waals surface area contributed by atoms with Crippen LogP contribution in [0.4, 0.5) is 5.69 Å². The predicted octanol–water partition coefficient (Wildman–Crippen LogP) is 3.61. The van der Waals surface area contributed by atoms with E-state index in [2.05, 4.69) is 0 Å². The first kappa shape index (κ1) is 12.5. The summed E-state index contributed by atoms with van der Waals surface area (Å²) in [5.74, 6) is 0.660. The van der Waals surface area contributed by atoms with Gasteiger partial charge < -0.3 is 9.94 Å². The Morgan fingerprint density at radius 1 is 1.11 bits per heavy atom. The summed E-state index contributed by atoms with van der Waals surface area (Å²) < 4.78 is 5.97. The Morgan fingerprint density at radius 3 is 2.44 bits per heavy atom. The van der Waals surface area contributed by atoms with Crippen LogP contribution in [0.15, 0.2) is 48.5 Å². The van der Waals surface area contributed by atoms with E-state index in [1.807, 2.05) is 24.3 Å². The van der Waals surface area contributed by atoms with Crippen LogP contribution in [0.5, 0.6) is 5.75 Å². The van der Waals surface area contributed by atoms with Crippen LogP contribution in [0.2, 0.25) is 5.02 Å². The number of para-hydroxylation sites is 1. The lowest BCUT2D eigenvalue weighted by Crippen LogP contribution is -2.00. The summed E-state index contributed by atoms with van der Waals surface area (Å²) >= 11 is 5.77. The van der Waals surface area contributed by atoms with Crippen molar-refractivity contribution < 1.29 is 9.48 Å². The number of hydrogen-bond acceptors (Lipinski definition) is 2. The number of halogens is 1. The fraction of sp³-hybridized carbons (Fsp3) is 0.0714. The van der Waals surface area contributed by atoms with E-state index >= 15 is 0 Å². The molecule has 0 saturated carbocycles. The van der Waals surface area contributed by atoms with Gasteiger partial charge in [0.25, 0.3) is 0 Å². The van der Waals surface area contributed by atoms with Gasteiger partial charge in [0.15, 0.2) is 6.21 Å². The Bertz CT molecular complexity index is 564. The van der Waals surface area contributed by atoms with Crippen LogP contribution >= 0.6 is 11.6 Å². The molecule has 18 heavy (non-hydrogen) atoms. The summed E-state index contributed by atoms with van der Waals surface area (Å²) in [5.41, 5.74) is 1.25. The van der Waals surface area contributed by atoms with Crippen molar-refractivity contribution in [2.24, 2.45) is 0 Å². The van der Waals surface area contributed by atoms with E-state index in [1.54, 1.807) is 31.4 Å². The van der Waals surface area contributed by atoms with Crippen molar-refractivity contribution in [3.63, 3.8) is 0 Å². The molecule has 0 aliphatic rings. The molecule has 2 rings (SSSR count). The summed E-state index contributed by atoms with van der Waals surface area (Å²) in [6.07, 6.45) is 1.47. The third-order valence-electron chi connectivity index (χ3n) is 2.48. The topological polar surface area (TPSA) is 35.3 Å². The highest BCUT2D eigenvalue weighted by molar-refractivity contribution is 6.30. The van der Waals surface area contributed by atoms with Crippen molar-refractivity contribution >= 4 is 23.5 Å². The fourth-order valence-corrected chi connectivity index (χ4v) is 1.69. The molecule has 0 aliphatic heterocycles. The van der Waals surface area contributed by atoms with Crippen LogP contribution in [0.3, 0.4) is 0 Å². The molecule has 0 aromatic heterocycles. The quantitative estimate of drug-likeness (QED) is 0.366. The van der Waals surface area contributed by atoms with E-state index in [0.717, 1.165) is 10.3 Å². The zero-order valence-corrected chi connectivity index (χ0v) is 10.6. The van der Waals surface area contributed by atoms with Crippen molar-refractivity contribution in [1.29, 1.82) is 0 Å². The number of benzene rings is 2. The van der Waals surface area contributed by atoms with Gasteiger partial charge in [-0.3, -0.25) is 0 Å². The molecule has 0 N–H and O–H groups in total. The third kappa shape index (κ3) is 2.81. The maximum absolute atomic E-state index is 12.0. The second-order valence-corrected chi connectivity index (χ2v) is 4.11. The highest BCUT2D eigenvalue weighted by atomic mass is 35.5. The lowest BCUT2D eigenvalue weighted by atomic mass is 10.2. The van der Waals surface area contributed by atoms with Gasteiger partial charge in [-0.15, -0.1) is 0 Å². The molecule has 0 unspecified atom stereocenters. The Morgan fingerprint density at radius 2 is 1.78 bits per heavy atom. The van der Waals surface area contributed by atoms with E-state index < -0.39 is 0 Å². The monoisotopic (exact) mass is 261 g/mol. The van der Waals surface area contributed by atoms with Crippen LogP contribution in [-0.2, 0) is 0 Å². The van der Waals surface area contributed by atoms with Gasteiger partial charge in [0, 0.05) is 17.2 Å².